The van der Waals surface area contributed by atoms with E-state index in [4.69, 9.17) is 55.9 Å². The first-order valence-electron chi connectivity index (χ1n) is 36.5. The lowest BCUT2D eigenvalue weighted by molar-refractivity contribution is -0.139. The minimum atomic E-state index is -4.54. The van der Waals surface area contributed by atoms with Crippen molar-refractivity contribution in [1.29, 1.82) is 0 Å². The Kier molecular flexibility index (Phi) is 26.1. The van der Waals surface area contributed by atoms with Crippen molar-refractivity contribution in [3.63, 3.8) is 0 Å². The van der Waals surface area contributed by atoms with Gasteiger partial charge < -0.3 is 75.4 Å². The lowest BCUT2D eigenvalue weighted by atomic mass is 10.2. The van der Waals surface area contributed by atoms with Crippen LogP contribution in [0.5, 0.6) is 0 Å². The van der Waals surface area contributed by atoms with Crippen LogP contribution < -0.4 is 40.9 Å². The van der Waals surface area contributed by atoms with Gasteiger partial charge in [-0.3, -0.25) is 19.2 Å². The maximum absolute atomic E-state index is 14.5. The molecule has 1 saturated carbocycles. The number of fused-ring (bicyclic) bond motifs is 4. The van der Waals surface area contributed by atoms with Crippen LogP contribution >= 0.6 is 46.4 Å². The van der Waals surface area contributed by atoms with E-state index in [1.165, 1.54) is 80.5 Å². The molecule has 4 amide bonds. The molecule has 12 aromatic heterocycles. The second kappa shape index (κ2) is 36.1. The van der Waals surface area contributed by atoms with Crippen molar-refractivity contribution in [1.82, 2.24) is 101 Å². The number of hydrogen-bond acceptors (Lipinski definition) is 23. The largest absolute Gasteiger partial charge is 0.405 e. The van der Waals surface area contributed by atoms with Gasteiger partial charge in [0, 0.05) is 181 Å². The molecule has 3 aliphatic heterocycles. The molecule has 9 N–H and O–H groups in total. The van der Waals surface area contributed by atoms with Crippen LogP contribution in [0.1, 0.15) is 40.7 Å². The van der Waals surface area contributed by atoms with Gasteiger partial charge in [0.25, 0.3) is 0 Å². The number of H-pyrrole nitrogens is 4. The van der Waals surface area contributed by atoms with Crippen LogP contribution in [0.3, 0.4) is 0 Å². The van der Waals surface area contributed by atoms with Crippen molar-refractivity contribution >= 4 is 137 Å². The van der Waals surface area contributed by atoms with Crippen LogP contribution in [-0.2, 0) is 28.7 Å². The fourth-order valence-electron chi connectivity index (χ4n) is 13.8. The number of likely N-dealkylation sites (N-methyl/N-ethyl adjacent to an activating group) is 1. The molecule has 656 valence electrons. The predicted octanol–water partition coefficient (Wildman–Crippen LogP) is 13.1. The molecule has 12 aromatic rings. The van der Waals surface area contributed by atoms with Crippen LogP contribution in [0.15, 0.2) is 117 Å². The summed E-state index contributed by atoms with van der Waals surface area (Å²) in [5.41, 5.74) is 3.51. The maximum Gasteiger partial charge on any atom is 0.405 e. The molecule has 0 unspecified atom stereocenters. The number of β-amino-alcohol motifs (C(OH)–C–C–N with tert-alkyl or cyclic N) is 1. The molecule has 31 nitrogen and oxygen atoms in total. The SMILES string of the molecule is CN(c1nc(-c2c[nH]c3ncc(Cl)cc23)ncc1F)C1(C(=O)NCC(F)(F)F)CC1.CO[C@H]1C[C@H](C(=O)NCC(F)(F)F)N(c2ccnc(-c3c[nH]c4ncc(Cl)cc34)n2)C1.CO[C@H]1C[C@H](C(=O)NCC(F)(F)F)N(c2ccnc(-c3c[nH]c4ncc(Cl)cc34)n2)C1.O=C(NCC(F)(F)F)[C@H]1C[C@@H](O)CN1c1ccnc(-c2c[nH]c3ncc(Cl)cc23)n1.[HH].[HH].[HH].[HH].[HH].[HH]. The number of nitrogens with one attached hydrogen (secondary N) is 8. The number of halogens is 17. The van der Waals surface area contributed by atoms with E-state index in [1.807, 2.05) is 21.3 Å². The number of aliphatic hydroxyl groups is 1. The minimum absolute atomic E-state index is 0. The van der Waals surface area contributed by atoms with Crippen molar-refractivity contribution in [2.75, 3.05) is 86.7 Å². The fourth-order valence-corrected chi connectivity index (χ4v) is 14.5. The molecule has 0 aromatic carbocycles. The molecule has 122 heavy (non-hydrogen) atoms. The molecular formula is C74H79Cl4F13N24O7. The first kappa shape index (κ1) is 88.1. The fraction of sp³-hybridized carbons (Fsp3) is 0.351. The highest BCUT2D eigenvalue weighted by Crippen LogP contribution is 2.45. The number of nitrogens with zero attached hydrogens (tertiary/aromatic N) is 16. The number of carbonyl (C=O) groups is 4. The van der Waals surface area contributed by atoms with Gasteiger partial charge in [-0.25, -0.2) is 64.2 Å². The van der Waals surface area contributed by atoms with Gasteiger partial charge in [0.05, 0.1) is 44.6 Å². The summed E-state index contributed by atoms with van der Waals surface area (Å²) < 4.78 is 175. The molecule has 48 heteroatoms. The number of methoxy groups -OCH3 is 2. The number of aromatic nitrogens is 16. The van der Waals surface area contributed by atoms with E-state index in [2.05, 4.69) is 79.7 Å². The van der Waals surface area contributed by atoms with E-state index < -0.39 is 110 Å². The van der Waals surface area contributed by atoms with Crippen LogP contribution in [-0.4, -0.2) is 242 Å². The molecule has 4 fully saturated rings. The lowest BCUT2D eigenvalue weighted by Gasteiger charge is -2.28. The highest BCUT2D eigenvalue weighted by molar-refractivity contribution is 6.32. The first-order valence-corrected chi connectivity index (χ1v) is 38.0. The summed E-state index contributed by atoms with van der Waals surface area (Å²) in [6.07, 6.45) is -0.412. The number of amides is 4. The van der Waals surface area contributed by atoms with Crippen molar-refractivity contribution in [2.24, 2.45) is 0 Å². The summed E-state index contributed by atoms with van der Waals surface area (Å²) >= 11 is 24.1. The van der Waals surface area contributed by atoms with Gasteiger partial charge in [-0.05, 0) is 55.3 Å². The Morgan fingerprint density at radius 2 is 0.787 bits per heavy atom. The third-order valence-corrected chi connectivity index (χ3v) is 20.6. The average molecular weight is 1810 g/mol. The van der Waals surface area contributed by atoms with Gasteiger partial charge in [0.2, 0.25) is 23.6 Å². The summed E-state index contributed by atoms with van der Waals surface area (Å²) in [7, 11) is 4.41. The zero-order valence-corrected chi connectivity index (χ0v) is 66.4. The normalized spacial score (nSPS) is 18.3. The second-order valence-corrected chi connectivity index (χ2v) is 29.8. The van der Waals surface area contributed by atoms with Crippen LogP contribution in [0.4, 0.5) is 80.3 Å². The number of carbonyl (C=O) groups excluding carboxylic acids is 4. The number of anilines is 4. The standard InChI is InChI=1S/2C19H18ClF3N6O2.C18H15ClF4N6O.C18H16ClF3N6O2.6H2/c2*1-31-11-5-14(18(30)27-9-19(21,22)23)29(8-11)15-2-3-24-17(28-15)13-7-26-16-12(13)4-10(20)6-25-16;1-29(17(2-3-17)16(30)27-8-18(21,22)23)15-12(20)7-26-14(28-15)11-6-25-13-10(11)4-9(19)5-24-13;19-9-3-11-12(6-25-15(11)24-5-9)16-23-2-1-14(27-16)28-7-10(29)4-13(28)17(30)26-8-18(20,21)22;;;;;;/h2*2-4,6-7,11,14H,5,8-9H2,1H3,(H,25,26)(H,27,30);4-7H,2-3,8H2,1H3,(H,24,25)(H,27,30);1-3,5-6,10,13,29H,4,7-8H2,(H,24,25)(H,26,30);6*1H/t2*11-,14+;;10-,13-;;;;;;/m00.1....../s1. The van der Waals surface area contributed by atoms with Crippen molar-refractivity contribution in [3.05, 3.63) is 143 Å². The number of hydrogen-bond donors (Lipinski definition) is 9. The average Bonchev–Trinajstić information content (AvgIpc) is 1.59. The molecule has 16 rings (SSSR count). The molecule has 6 atom stereocenters. The number of pyridine rings is 4. The zero-order chi connectivity index (χ0) is 87.5. The molecule has 15 heterocycles. The second-order valence-electron chi connectivity index (χ2n) is 28.1. The zero-order valence-electron chi connectivity index (χ0n) is 63.4. The summed E-state index contributed by atoms with van der Waals surface area (Å²) in [5, 5.41) is 22.1. The van der Waals surface area contributed by atoms with E-state index >= 15 is 0 Å². The van der Waals surface area contributed by atoms with Crippen LogP contribution in [0.25, 0.3) is 89.7 Å². The van der Waals surface area contributed by atoms with Crippen molar-refractivity contribution in [3.8, 4) is 45.6 Å². The van der Waals surface area contributed by atoms with Crippen molar-refractivity contribution < 1.29 is 99.4 Å². The third kappa shape index (κ3) is 20.9. The number of aromatic amines is 4. The van der Waals surface area contributed by atoms with E-state index in [9.17, 15) is 81.4 Å². The molecule has 4 aliphatic rings. The topological polar surface area (TPSA) is 386 Å². The summed E-state index contributed by atoms with van der Waals surface area (Å²) in [6, 6.07) is 8.87. The molecular weight excluding hydrogens is 1730 g/mol. The van der Waals surface area contributed by atoms with Crippen LogP contribution in [0, 0.1) is 5.82 Å². The monoisotopic (exact) mass is 1800 g/mol. The number of aliphatic hydroxyl groups excluding tert-OH is 1. The van der Waals surface area contributed by atoms with E-state index in [0.29, 0.717) is 124 Å². The van der Waals surface area contributed by atoms with E-state index in [0.717, 1.165) is 17.0 Å². The van der Waals surface area contributed by atoms with E-state index in [-0.39, 0.29) is 71.1 Å². The minimum Gasteiger partial charge on any atom is -0.391 e. The molecule has 0 radical (unpaired) electrons. The molecule has 1 aliphatic carbocycles. The van der Waals surface area contributed by atoms with Gasteiger partial charge >= 0.3 is 24.7 Å². The van der Waals surface area contributed by atoms with Gasteiger partial charge in [-0.1, -0.05) is 46.4 Å². The van der Waals surface area contributed by atoms with Gasteiger partial charge in [-0.15, -0.1) is 0 Å². The Hall–Kier alpha value is -11.7. The highest BCUT2D eigenvalue weighted by Gasteiger charge is 2.55. The molecule has 0 bridgehead atoms. The Bertz CT molecular complexity index is 5680. The van der Waals surface area contributed by atoms with Crippen LogP contribution in [0.2, 0.25) is 20.1 Å². The van der Waals surface area contributed by atoms with Gasteiger partial charge in [-0.2, -0.15) is 52.7 Å². The van der Waals surface area contributed by atoms with Gasteiger partial charge in [0.1, 0.15) is 89.9 Å². The summed E-state index contributed by atoms with van der Waals surface area (Å²) in [5.74, 6) is -1.80. The third-order valence-electron chi connectivity index (χ3n) is 19.8. The number of ether oxygens (including phenoxy) is 2. The Morgan fingerprint density at radius 3 is 1.11 bits per heavy atom. The Balaban J connectivity index is 0.000000230. The molecule has 3 saturated heterocycles. The maximum atomic E-state index is 14.5. The quantitative estimate of drug-likeness (QED) is 0.0340. The first-order chi connectivity index (χ1) is 57.8. The Morgan fingerprint density at radius 1 is 0.475 bits per heavy atom. The molecule has 0 spiro atoms. The van der Waals surface area contributed by atoms with E-state index in [1.54, 1.807) is 71.0 Å². The van der Waals surface area contributed by atoms with Crippen molar-refractivity contribution in [2.45, 2.75) is 98.8 Å². The van der Waals surface area contributed by atoms with Gasteiger partial charge in [0.15, 0.2) is 34.9 Å². The highest BCUT2D eigenvalue weighted by atomic mass is 35.5. The Labute approximate surface area is 708 Å². The summed E-state index contributed by atoms with van der Waals surface area (Å²) in [4.78, 5) is 119. The predicted molar refractivity (Wildman–Crippen MR) is 433 cm³/mol. The summed E-state index contributed by atoms with van der Waals surface area (Å²) in [6.45, 7) is -5.03. The number of rotatable bonds is 19. The number of alkyl halides is 12. The smallest absolute Gasteiger partial charge is 0.391 e. The lowest BCUT2D eigenvalue weighted by Crippen LogP contribution is -2.50.